The first-order chi connectivity index (χ1) is 9.43. The summed E-state index contributed by atoms with van der Waals surface area (Å²) in [6.45, 7) is 2.11. The van der Waals surface area contributed by atoms with E-state index in [-0.39, 0.29) is 52.4 Å². The molecule has 108 valence electrons. The molecule has 2 amide bonds. The first kappa shape index (κ1) is 17.2. The number of nitrogens with zero attached hydrogens (tertiary/aromatic N) is 1. The molecular weight excluding hydrogens is 323 g/mol. The van der Waals surface area contributed by atoms with Crippen molar-refractivity contribution < 1.29 is 49.4 Å². The Balaban J connectivity index is 0.00000161. The van der Waals surface area contributed by atoms with Crippen molar-refractivity contribution in [3.63, 3.8) is 0 Å². The van der Waals surface area contributed by atoms with Crippen molar-refractivity contribution in [2.75, 3.05) is 6.54 Å². The molecule has 0 aromatic heterocycles. The molecule has 3 aliphatic heterocycles. The molecule has 2 saturated heterocycles. The van der Waals surface area contributed by atoms with Gasteiger partial charge in [0.15, 0.2) is 0 Å². The first-order valence-corrected chi connectivity index (χ1v) is 7.63. The molecule has 6 nitrogen and oxygen atoms in total. The minimum atomic E-state index is -0.783. The summed E-state index contributed by atoms with van der Waals surface area (Å²) >= 11 is 6.03. The van der Waals surface area contributed by atoms with Crippen LogP contribution in [0.3, 0.4) is 0 Å². The molecule has 3 heterocycles. The number of hydrogen-bond acceptors (Lipinski definition) is 6. The zero-order chi connectivity index (χ0) is 14.6. The second-order valence-electron chi connectivity index (χ2n) is 5.12. The van der Waals surface area contributed by atoms with Crippen LogP contribution >= 0.6 is 24.0 Å². The Kier molecular flexibility index (Phi) is 5.07. The Morgan fingerprint density at radius 1 is 1.57 bits per heavy atom. The Labute approximate surface area is 153 Å². The fourth-order valence-corrected chi connectivity index (χ4v) is 4.92. The van der Waals surface area contributed by atoms with Gasteiger partial charge >= 0.3 is 29.6 Å². The Hall–Kier alpha value is -0.120. The van der Waals surface area contributed by atoms with Crippen LogP contribution in [-0.2, 0) is 9.59 Å². The number of amides is 2. The summed E-state index contributed by atoms with van der Waals surface area (Å²) in [5.41, 5.74) is 0.166. The van der Waals surface area contributed by atoms with E-state index in [9.17, 15) is 19.8 Å². The van der Waals surface area contributed by atoms with E-state index in [1.165, 1.54) is 16.7 Å². The largest absolute Gasteiger partial charge is 1.00 e. The molecule has 2 N–H and O–H groups in total. The first-order valence-electron chi connectivity index (χ1n) is 6.34. The van der Waals surface area contributed by atoms with Gasteiger partial charge in [0.25, 0.3) is 0 Å². The van der Waals surface area contributed by atoms with Gasteiger partial charge < -0.3 is 15.5 Å². The van der Waals surface area contributed by atoms with Gasteiger partial charge in [-0.2, -0.15) is 0 Å². The van der Waals surface area contributed by atoms with Crippen LogP contribution in [0.5, 0.6) is 0 Å². The number of thioether (sulfide) groups is 1. The van der Waals surface area contributed by atoms with Crippen LogP contribution in [0.25, 0.3) is 0 Å². The smallest absolute Gasteiger partial charge is 0.863 e. The van der Waals surface area contributed by atoms with Gasteiger partial charge in [0.2, 0.25) is 11.8 Å². The molecule has 3 rings (SSSR count). The number of rotatable bonds is 3. The number of β-lactam (4-membered cyclic amide) rings is 1. The number of thiocarbonyl (C=S) groups is 1. The van der Waals surface area contributed by atoms with Gasteiger partial charge in [0.1, 0.15) is 5.37 Å². The van der Waals surface area contributed by atoms with Gasteiger partial charge in [-0.1, -0.05) is 12.2 Å². The van der Waals surface area contributed by atoms with Crippen LogP contribution in [0, 0.1) is 11.8 Å². The molecule has 2 fully saturated rings. The minimum absolute atomic E-state index is 0. The maximum absolute atomic E-state index is 12.1. The minimum Gasteiger partial charge on any atom is -0.863 e. The van der Waals surface area contributed by atoms with Gasteiger partial charge in [0.05, 0.1) is 23.6 Å². The van der Waals surface area contributed by atoms with E-state index in [2.05, 4.69) is 5.32 Å². The fourth-order valence-electron chi connectivity index (χ4n) is 2.89. The van der Waals surface area contributed by atoms with E-state index in [0.29, 0.717) is 17.9 Å². The molecular formula is C12H13N2NaO4S2. The average Bonchev–Trinajstić information content (AvgIpc) is 2.89. The fraction of sp³-hybridized carbons (Fsp3) is 0.583. The number of aliphatic hydroxyl groups is 1. The van der Waals surface area contributed by atoms with Gasteiger partial charge in [0, 0.05) is 11.4 Å². The van der Waals surface area contributed by atoms with Gasteiger partial charge in [-0.05, 0) is 18.4 Å². The Bertz CT molecular complexity index is 551. The van der Waals surface area contributed by atoms with E-state index in [1.54, 1.807) is 6.92 Å². The zero-order valence-corrected chi connectivity index (χ0v) is 15.3. The number of carbonyl (C=O) groups excluding carboxylic acids is 2. The summed E-state index contributed by atoms with van der Waals surface area (Å²) in [6.07, 6.45) is -0.184. The van der Waals surface area contributed by atoms with Crippen LogP contribution in [0.4, 0.5) is 0 Å². The normalized spacial score (nSPS) is 32.3. The molecule has 0 spiro atoms. The number of aliphatic hydroxyl groups excluding tert-OH is 1. The molecule has 21 heavy (non-hydrogen) atoms. The molecule has 0 aromatic carbocycles. The van der Waals surface area contributed by atoms with Crippen molar-refractivity contribution in [3.05, 3.63) is 10.6 Å². The van der Waals surface area contributed by atoms with Crippen molar-refractivity contribution in [3.8, 4) is 0 Å². The third-order valence-electron chi connectivity index (χ3n) is 3.88. The molecule has 0 radical (unpaired) electrons. The quantitative estimate of drug-likeness (QED) is 0.310. The number of carbonyl (C=O) groups is 2. The standard InChI is InChI=1S/C12H14N2O4S2.Na/c1-4(15)6-10(17)14-7(12(18)19)8(20-11(6)14)5-2-3-13-9(5)16;/h4-6,11,15H,2-3H2,1H3,(H,13,16)(H,18,19);/q;+1/p-1/t4-,5?,6+,11-;/m1./s1. The van der Waals surface area contributed by atoms with Gasteiger partial charge in [-0.3, -0.25) is 14.5 Å². The molecule has 1 unspecified atom stereocenters. The van der Waals surface area contributed by atoms with E-state index in [0.717, 1.165) is 0 Å². The van der Waals surface area contributed by atoms with E-state index >= 15 is 0 Å². The van der Waals surface area contributed by atoms with Crippen molar-refractivity contribution >= 4 is 40.8 Å². The zero-order valence-electron chi connectivity index (χ0n) is 11.7. The summed E-state index contributed by atoms with van der Waals surface area (Å²) < 4.78 is 0. The summed E-state index contributed by atoms with van der Waals surface area (Å²) in [6, 6.07) is 0. The SMILES string of the molecule is C[C@@H](O)[C@H]1C(=O)N2C(C([O-])=S)=C(C3CCNC3=O)S[C@H]12.[Na+]. The molecule has 0 saturated carbocycles. The van der Waals surface area contributed by atoms with Crippen LogP contribution in [-0.4, -0.2) is 44.9 Å². The second-order valence-corrected chi connectivity index (χ2v) is 6.64. The second kappa shape index (κ2) is 6.17. The molecule has 0 bridgehead atoms. The molecule has 3 aliphatic rings. The van der Waals surface area contributed by atoms with Gasteiger partial charge in [-0.15, -0.1) is 11.8 Å². The maximum atomic E-state index is 12.1. The van der Waals surface area contributed by atoms with Crippen LogP contribution < -0.4 is 40.0 Å². The summed E-state index contributed by atoms with van der Waals surface area (Å²) in [4.78, 5) is 25.8. The van der Waals surface area contributed by atoms with Crippen molar-refractivity contribution in [2.24, 2.45) is 11.8 Å². The van der Waals surface area contributed by atoms with Crippen molar-refractivity contribution in [1.82, 2.24) is 10.2 Å². The van der Waals surface area contributed by atoms with Crippen LogP contribution in [0.1, 0.15) is 13.3 Å². The molecule has 0 aromatic rings. The summed E-state index contributed by atoms with van der Waals surface area (Å²) in [5.74, 6) is -1.37. The van der Waals surface area contributed by atoms with E-state index in [4.69, 9.17) is 12.2 Å². The van der Waals surface area contributed by atoms with E-state index in [1.807, 2.05) is 0 Å². The summed E-state index contributed by atoms with van der Waals surface area (Å²) in [7, 11) is 0. The van der Waals surface area contributed by atoms with E-state index < -0.39 is 23.0 Å². The summed E-state index contributed by atoms with van der Waals surface area (Å²) in [5, 5.41) is 23.1. The van der Waals surface area contributed by atoms with Crippen molar-refractivity contribution in [2.45, 2.75) is 24.8 Å². The molecule has 4 atom stereocenters. The molecule has 0 aliphatic carbocycles. The van der Waals surface area contributed by atoms with Crippen LogP contribution in [0.15, 0.2) is 10.6 Å². The maximum Gasteiger partial charge on any atom is 1.00 e. The molecule has 9 heteroatoms. The van der Waals surface area contributed by atoms with Gasteiger partial charge in [-0.25, -0.2) is 0 Å². The third-order valence-corrected chi connectivity index (χ3v) is 5.56. The number of hydrogen-bond donors (Lipinski definition) is 2. The van der Waals surface area contributed by atoms with Crippen LogP contribution in [0.2, 0.25) is 0 Å². The predicted octanol–water partition coefficient (Wildman–Crippen LogP) is -4.06. The Morgan fingerprint density at radius 2 is 2.24 bits per heavy atom. The van der Waals surface area contributed by atoms with Crippen molar-refractivity contribution in [1.29, 1.82) is 0 Å². The topological polar surface area (TPSA) is 92.7 Å². The monoisotopic (exact) mass is 336 g/mol. The number of nitrogens with one attached hydrogen (secondary N) is 1. The predicted molar refractivity (Wildman–Crippen MR) is 74.1 cm³/mol. The number of fused-ring (bicyclic) bond motifs is 1. The average molecular weight is 336 g/mol. The third kappa shape index (κ3) is 2.55. The Morgan fingerprint density at radius 3 is 2.71 bits per heavy atom.